The van der Waals surface area contributed by atoms with E-state index >= 15 is 0 Å². The minimum absolute atomic E-state index is 0. The molecule has 2 nitrogen and oxygen atoms in total. The van der Waals surface area contributed by atoms with Crippen LogP contribution in [0.25, 0.3) is 0 Å². The van der Waals surface area contributed by atoms with Crippen molar-refractivity contribution in [3.05, 3.63) is 29.8 Å². The molecule has 0 heterocycles. The molecule has 5 heteroatoms. The zero-order chi connectivity index (χ0) is 12.3. The summed E-state index contributed by atoms with van der Waals surface area (Å²) in [6.45, 7) is -2.80. The summed E-state index contributed by atoms with van der Waals surface area (Å²) in [5, 5.41) is 0. The highest BCUT2D eigenvalue weighted by molar-refractivity contribution is 5.85. The summed E-state index contributed by atoms with van der Waals surface area (Å²) in [7, 11) is 0. The standard InChI is InChI=1S/C13H17F2NO.ClH/c14-13(15)17-11-8-4-3-7-10(11)12(16)9-5-1-2-6-9;/h3-4,7-9,12-13H,1-2,5-6,16H2;1H/t12-;/m1./s1. The van der Waals surface area contributed by atoms with Crippen LogP contribution in [0.15, 0.2) is 24.3 Å². The second kappa shape index (κ2) is 6.90. The van der Waals surface area contributed by atoms with Gasteiger partial charge in [0, 0.05) is 11.6 Å². The van der Waals surface area contributed by atoms with Gasteiger partial charge >= 0.3 is 6.61 Å². The van der Waals surface area contributed by atoms with Gasteiger partial charge < -0.3 is 10.5 Å². The number of hydrogen-bond acceptors (Lipinski definition) is 2. The van der Waals surface area contributed by atoms with Gasteiger partial charge in [0.25, 0.3) is 0 Å². The molecule has 1 atom stereocenters. The van der Waals surface area contributed by atoms with E-state index in [1.807, 2.05) is 6.07 Å². The quantitative estimate of drug-likeness (QED) is 0.906. The maximum absolute atomic E-state index is 12.3. The number of nitrogens with two attached hydrogens (primary N) is 1. The molecule has 2 N–H and O–H groups in total. The van der Waals surface area contributed by atoms with Gasteiger partial charge in [0.2, 0.25) is 0 Å². The molecule has 0 spiro atoms. The lowest BCUT2D eigenvalue weighted by atomic mass is 9.92. The van der Waals surface area contributed by atoms with E-state index in [1.165, 1.54) is 12.8 Å². The minimum Gasteiger partial charge on any atom is -0.434 e. The Morgan fingerprint density at radius 3 is 2.39 bits per heavy atom. The average molecular weight is 278 g/mol. The van der Waals surface area contributed by atoms with Crippen molar-refractivity contribution < 1.29 is 13.5 Å². The second-order valence-corrected chi connectivity index (χ2v) is 4.49. The molecule has 1 fully saturated rings. The van der Waals surface area contributed by atoms with E-state index in [0.29, 0.717) is 11.5 Å². The SMILES string of the molecule is Cl.N[C@@H](c1ccccc1OC(F)F)C1CCCC1. The Bertz CT molecular complexity index is 370. The Hall–Kier alpha value is -0.870. The predicted octanol–water partition coefficient (Wildman–Crippen LogP) is 3.90. The first-order chi connectivity index (χ1) is 8.18. The van der Waals surface area contributed by atoms with E-state index in [-0.39, 0.29) is 24.2 Å². The number of ether oxygens (including phenoxy) is 1. The van der Waals surface area contributed by atoms with Crippen LogP contribution in [0, 0.1) is 5.92 Å². The van der Waals surface area contributed by atoms with E-state index in [9.17, 15) is 8.78 Å². The van der Waals surface area contributed by atoms with Crippen LogP contribution in [0.4, 0.5) is 8.78 Å². The molecule has 0 amide bonds. The van der Waals surface area contributed by atoms with Crippen molar-refractivity contribution in [1.82, 2.24) is 0 Å². The summed E-state index contributed by atoms with van der Waals surface area (Å²) in [6, 6.07) is 6.62. The van der Waals surface area contributed by atoms with Crippen LogP contribution in [0.3, 0.4) is 0 Å². The molecule has 1 aromatic rings. The molecule has 1 aliphatic carbocycles. The molecule has 1 aliphatic rings. The summed E-state index contributed by atoms with van der Waals surface area (Å²) in [5.41, 5.74) is 6.85. The molecule has 0 unspecified atom stereocenters. The second-order valence-electron chi connectivity index (χ2n) is 4.49. The maximum Gasteiger partial charge on any atom is 0.387 e. The number of benzene rings is 1. The van der Waals surface area contributed by atoms with Crippen molar-refractivity contribution in [3.8, 4) is 5.75 Å². The molecule has 2 rings (SSSR count). The third kappa shape index (κ3) is 3.56. The van der Waals surface area contributed by atoms with E-state index in [4.69, 9.17) is 5.73 Å². The predicted molar refractivity (Wildman–Crippen MR) is 69.2 cm³/mol. The zero-order valence-corrected chi connectivity index (χ0v) is 10.8. The van der Waals surface area contributed by atoms with Gasteiger partial charge in [0.1, 0.15) is 5.75 Å². The molecule has 0 radical (unpaired) electrons. The fourth-order valence-electron chi connectivity index (χ4n) is 2.53. The van der Waals surface area contributed by atoms with Gasteiger partial charge in [0.05, 0.1) is 0 Å². The molecule has 18 heavy (non-hydrogen) atoms. The summed E-state index contributed by atoms with van der Waals surface area (Å²) >= 11 is 0. The molecule has 0 aliphatic heterocycles. The van der Waals surface area contributed by atoms with Crippen LogP contribution in [0.2, 0.25) is 0 Å². The molecule has 0 bridgehead atoms. The first-order valence-corrected chi connectivity index (χ1v) is 5.98. The third-order valence-electron chi connectivity index (χ3n) is 3.40. The average Bonchev–Trinajstić information content (AvgIpc) is 2.81. The van der Waals surface area contributed by atoms with Crippen molar-refractivity contribution in [2.75, 3.05) is 0 Å². The normalized spacial score (nSPS) is 17.6. The highest BCUT2D eigenvalue weighted by Gasteiger charge is 2.25. The van der Waals surface area contributed by atoms with Crippen LogP contribution in [0.1, 0.15) is 37.3 Å². The van der Waals surface area contributed by atoms with Gasteiger partial charge in [-0.25, -0.2) is 0 Å². The Kier molecular flexibility index (Phi) is 5.82. The van der Waals surface area contributed by atoms with Crippen LogP contribution in [-0.4, -0.2) is 6.61 Å². The molecule has 1 aromatic carbocycles. The summed E-state index contributed by atoms with van der Waals surface area (Å²) in [6.07, 6.45) is 4.50. The topological polar surface area (TPSA) is 35.2 Å². The summed E-state index contributed by atoms with van der Waals surface area (Å²) in [4.78, 5) is 0. The van der Waals surface area contributed by atoms with Gasteiger partial charge in [0.15, 0.2) is 0 Å². The fourth-order valence-corrected chi connectivity index (χ4v) is 2.53. The highest BCUT2D eigenvalue weighted by Crippen LogP contribution is 2.37. The molecular weight excluding hydrogens is 260 g/mol. The Morgan fingerprint density at radius 2 is 1.78 bits per heavy atom. The van der Waals surface area contributed by atoms with Crippen molar-refractivity contribution in [1.29, 1.82) is 0 Å². The van der Waals surface area contributed by atoms with Gasteiger partial charge in [-0.05, 0) is 24.8 Å². The number of halogens is 3. The Morgan fingerprint density at radius 1 is 1.17 bits per heavy atom. The smallest absolute Gasteiger partial charge is 0.387 e. The summed E-state index contributed by atoms with van der Waals surface area (Å²) in [5.74, 6) is 0.597. The molecule has 1 saturated carbocycles. The third-order valence-corrected chi connectivity index (χ3v) is 3.40. The number of alkyl halides is 2. The first-order valence-electron chi connectivity index (χ1n) is 5.98. The van der Waals surface area contributed by atoms with Gasteiger partial charge in [-0.3, -0.25) is 0 Å². The Labute approximate surface area is 112 Å². The van der Waals surface area contributed by atoms with Gasteiger partial charge in [-0.2, -0.15) is 8.78 Å². The lowest BCUT2D eigenvalue weighted by molar-refractivity contribution is -0.0507. The van der Waals surface area contributed by atoms with Crippen molar-refractivity contribution in [2.45, 2.75) is 38.3 Å². The lowest BCUT2D eigenvalue weighted by Gasteiger charge is -2.21. The van der Waals surface area contributed by atoms with Crippen LogP contribution >= 0.6 is 12.4 Å². The maximum atomic E-state index is 12.3. The van der Waals surface area contributed by atoms with Crippen LogP contribution in [0.5, 0.6) is 5.75 Å². The lowest BCUT2D eigenvalue weighted by Crippen LogP contribution is -2.20. The van der Waals surface area contributed by atoms with Crippen LogP contribution in [-0.2, 0) is 0 Å². The van der Waals surface area contributed by atoms with Crippen molar-refractivity contribution >= 4 is 12.4 Å². The van der Waals surface area contributed by atoms with E-state index < -0.39 is 6.61 Å². The monoisotopic (exact) mass is 277 g/mol. The van der Waals surface area contributed by atoms with Crippen molar-refractivity contribution in [2.24, 2.45) is 11.7 Å². The highest BCUT2D eigenvalue weighted by atomic mass is 35.5. The number of rotatable bonds is 4. The number of hydrogen-bond donors (Lipinski definition) is 1. The van der Waals surface area contributed by atoms with E-state index in [1.54, 1.807) is 18.2 Å². The molecular formula is C13H18ClF2NO. The fraction of sp³-hybridized carbons (Fsp3) is 0.538. The Balaban J connectivity index is 0.00000162. The van der Waals surface area contributed by atoms with E-state index in [0.717, 1.165) is 12.8 Å². The van der Waals surface area contributed by atoms with Crippen LogP contribution < -0.4 is 10.5 Å². The largest absolute Gasteiger partial charge is 0.434 e. The number of para-hydroxylation sites is 1. The van der Waals surface area contributed by atoms with E-state index in [2.05, 4.69) is 4.74 Å². The zero-order valence-electron chi connectivity index (χ0n) is 10.0. The summed E-state index contributed by atoms with van der Waals surface area (Å²) < 4.78 is 29.1. The molecule has 0 saturated heterocycles. The van der Waals surface area contributed by atoms with Gasteiger partial charge in [-0.15, -0.1) is 12.4 Å². The first kappa shape index (κ1) is 15.2. The van der Waals surface area contributed by atoms with Crippen molar-refractivity contribution in [3.63, 3.8) is 0 Å². The molecule has 0 aromatic heterocycles. The minimum atomic E-state index is -2.80. The van der Waals surface area contributed by atoms with Gasteiger partial charge in [-0.1, -0.05) is 31.0 Å². The molecule has 102 valence electrons.